The van der Waals surface area contributed by atoms with Crippen LogP contribution in [0.25, 0.3) is 22.4 Å². The van der Waals surface area contributed by atoms with Gasteiger partial charge in [-0.25, -0.2) is 19.4 Å². The summed E-state index contributed by atoms with van der Waals surface area (Å²) in [6.07, 6.45) is -4.56. The molecular formula is C25H29F3N8O. The maximum absolute atomic E-state index is 13.0. The highest BCUT2D eigenvalue weighted by Gasteiger charge is 2.37. The smallest absolute Gasteiger partial charge is 0.398 e. The first-order valence-corrected chi connectivity index (χ1v) is 12.0. The SMILES string of the molecule is Cn1c(=O)n(CC(C)(C)C)c2ccc(-c3cc(CN4CCn5nc(C(F)(F)F)nc5C4)ccc3N)nc21. The summed E-state index contributed by atoms with van der Waals surface area (Å²) >= 11 is 0. The number of aryl methyl sites for hydroxylation is 1. The van der Waals surface area contributed by atoms with E-state index in [9.17, 15) is 18.0 Å². The number of hydrogen-bond acceptors (Lipinski definition) is 6. The lowest BCUT2D eigenvalue weighted by molar-refractivity contribution is -0.145. The normalized spacial score (nSPS) is 14.9. The first-order valence-electron chi connectivity index (χ1n) is 12.0. The van der Waals surface area contributed by atoms with Crippen molar-refractivity contribution in [2.24, 2.45) is 12.5 Å². The van der Waals surface area contributed by atoms with E-state index in [4.69, 9.17) is 10.7 Å². The molecule has 0 spiro atoms. The minimum Gasteiger partial charge on any atom is -0.398 e. The average Bonchev–Trinajstić information content (AvgIpc) is 3.34. The van der Waals surface area contributed by atoms with E-state index >= 15 is 0 Å². The number of nitrogens with two attached hydrogens (primary N) is 1. The van der Waals surface area contributed by atoms with Crippen molar-refractivity contribution in [3.8, 4) is 11.3 Å². The first-order chi connectivity index (χ1) is 17.3. The van der Waals surface area contributed by atoms with Crippen LogP contribution in [0, 0.1) is 5.41 Å². The number of pyridine rings is 1. The summed E-state index contributed by atoms with van der Waals surface area (Å²) in [5.74, 6) is -0.812. The van der Waals surface area contributed by atoms with Crippen LogP contribution in [0.3, 0.4) is 0 Å². The fraction of sp³-hybridized carbons (Fsp3) is 0.440. The Bertz CT molecular complexity index is 1540. The number of halogens is 3. The minimum atomic E-state index is -4.56. The molecule has 0 amide bonds. The quantitative estimate of drug-likeness (QED) is 0.418. The molecule has 0 saturated heterocycles. The molecule has 1 aliphatic heterocycles. The lowest BCUT2D eigenvalue weighted by Gasteiger charge is -2.26. The van der Waals surface area contributed by atoms with Crippen LogP contribution in [0.2, 0.25) is 0 Å². The summed E-state index contributed by atoms with van der Waals surface area (Å²) in [4.78, 5) is 23.4. The van der Waals surface area contributed by atoms with Gasteiger partial charge in [-0.3, -0.25) is 14.0 Å². The predicted octanol–water partition coefficient (Wildman–Crippen LogP) is 3.66. The Balaban J connectivity index is 1.42. The number of anilines is 1. The molecule has 5 rings (SSSR count). The number of alkyl halides is 3. The molecule has 4 heterocycles. The van der Waals surface area contributed by atoms with E-state index in [0.29, 0.717) is 49.0 Å². The Morgan fingerprint density at radius 1 is 1.05 bits per heavy atom. The molecule has 0 unspecified atom stereocenters. The molecule has 1 aromatic carbocycles. The molecular weight excluding hydrogens is 485 g/mol. The van der Waals surface area contributed by atoms with Gasteiger partial charge in [0.25, 0.3) is 5.82 Å². The van der Waals surface area contributed by atoms with Crippen LogP contribution in [0.15, 0.2) is 35.1 Å². The standard InChI is InChI=1S/C25H29F3N8O/c1-24(2,3)14-35-19-8-7-18(30-21(19)33(4)23(35)37)16-11-15(5-6-17(16)29)12-34-9-10-36-20(13-34)31-22(32-36)25(26,27)28/h5-8,11H,9-10,12-14,29H2,1-4H3. The Morgan fingerprint density at radius 2 is 1.81 bits per heavy atom. The van der Waals surface area contributed by atoms with Crippen LogP contribution in [0.1, 0.15) is 38.0 Å². The van der Waals surface area contributed by atoms with Crippen LogP contribution < -0.4 is 11.4 Å². The van der Waals surface area contributed by atoms with Crippen LogP contribution in [0.5, 0.6) is 0 Å². The molecule has 196 valence electrons. The summed E-state index contributed by atoms with van der Waals surface area (Å²) in [7, 11) is 1.71. The maximum atomic E-state index is 13.0. The Kier molecular flexibility index (Phi) is 5.89. The van der Waals surface area contributed by atoms with E-state index in [1.165, 1.54) is 4.68 Å². The van der Waals surface area contributed by atoms with Gasteiger partial charge in [0.15, 0.2) is 5.65 Å². The molecule has 1 aliphatic rings. The van der Waals surface area contributed by atoms with Crippen molar-refractivity contribution in [1.29, 1.82) is 0 Å². The van der Waals surface area contributed by atoms with Gasteiger partial charge < -0.3 is 5.73 Å². The molecule has 0 aliphatic carbocycles. The molecule has 12 heteroatoms. The molecule has 0 radical (unpaired) electrons. The van der Waals surface area contributed by atoms with Gasteiger partial charge in [0.2, 0.25) is 0 Å². The molecule has 4 aromatic rings. The second-order valence-corrected chi connectivity index (χ2v) is 10.7. The largest absolute Gasteiger partial charge is 0.453 e. The van der Waals surface area contributed by atoms with E-state index in [0.717, 1.165) is 16.6 Å². The van der Waals surface area contributed by atoms with Gasteiger partial charge in [0, 0.05) is 37.9 Å². The van der Waals surface area contributed by atoms with Crippen molar-refractivity contribution in [1.82, 2.24) is 33.8 Å². The van der Waals surface area contributed by atoms with Gasteiger partial charge in [-0.15, -0.1) is 5.10 Å². The summed E-state index contributed by atoms with van der Waals surface area (Å²) in [5, 5.41) is 3.59. The van der Waals surface area contributed by atoms with E-state index in [1.807, 2.05) is 29.2 Å². The van der Waals surface area contributed by atoms with Crippen LogP contribution in [-0.4, -0.2) is 40.3 Å². The zero-order valence-corrected chi connectivity index (χ0v) is 21.2. The number of imidazole rings is 1. The third-order valence-corrected chi connectivity index (χ3v) is 6.41. The first kappa shape index (κ1) is 25.0. The van der Waals surface area contributed by atoms with Crippen molar-refractivity contribution in [3.05, 3.63) is 58.0 Å². The monoisotopic (exact) mass is 514 g/mol. The lowest BCUT2D eigenvalue weighted by atomic mass is 9.97. The molecule has 0 atom stereocenters. The van der Waals surface area contributed by atoms with Gasteiger partial charge in [0.1, 0.15) is 5.82 Å². The third kappa shape index (κ3) is 4.85. The molecule has 37 heavy (non-hydrogen) atoms. The van der Waals surface area contributed by atoms with Crippen molar-refractivity contribution < 1.29 is 13.2 Å². The number of nitrogen functional groups attached to an aromatic ring is 1. The zero-order chi connectivity index (χ0) is 26.7. The van der Waals surface area contributed by atoms with E-state index in [2.05, 4.69) is 30.9 Å². The number of hydrogen-bond donors (Lipinski definition) is 1. The second-order valence-electron chi connectivity index (χ2n) is 10.7. The summed E-state index contributed by atoms with van der Waals surface area (Å²) in [6.45, 7) is 8.44. The number of benzene rings is 1. The molecule has 2 N–H and O–H groups in total. The maximum Gasteiger partial charge on any atom is 0.453 e. The molecule has 0 saturated carbocycles. The topological polar surface area (TPSA) is 99.8 Å². The number of nitrogens with zero attached hydrogens (tertiary/aromatic N) is 7. The summed E-state index contributed by atoms with van der Waals surface area (Å²) in [6, 6.07) is 9.39. The summed E-state index contributed by atoms with van der Waals surface area (Å²) < 4.78 is 43.6. The van der Waals surface area contributed by atoms with Crippen LogP contribution >= 0.6 is 0 Å². The average molecular weight is 515 g/mol. The third-order valence-electron chi connectivity index (χ3n) is 6.41. The van der Waals surface area contributed by atoms with Crippen LogP contribution in [-0.2, 0) is 39.4 Å². The Labute approximate surface area is 211 Å². The van der Waals surface area contributed by atoms with E-state index < -0.39 is 12.0 Å². The molecule has 3 aromatic heterocycles. The van der Waals surface area contributed by atoms with Gasteiger partial charge in [0.05, 0.1) is 24.3 Å². The highest BCUT2D eigenvalue weighted by molar-refractivity contribution is 5.80. The second kappa shape index (κ2) is 8.72. The van der Waals surface area contributed by atoms with Crippen molar-refractivity contribution in [3.63, 3.8) is 0 Å². The molecule has 0 bridgehead atoms. The van der Waals surface area contributed by atoms with Crippen LogP contribution in [0.4, 0.5) is 18.9 Å². The van der Waals surface area contributed by atoms with Gasteiger partial charge >= 0.3 is 11.9 Å². The van der Waals surface area contributed by atoms with Crippen molar-refractivity contribution in [2.45, 2.75) is 53.1 Å². The van der Waals surface area contributed by atoms with Gasteiger partial charge in [-0.2, -0.15) is 13.2 Å². The molecule has 0 fully saturated rings. The zero-order valence-electron chi connectivity index (χ0n) is 21.2. The Morgan fingerprint density at radius 3 is 2.51 bits per heavy atom. The molecule has 9 nitrogen and oxygen atoms in total. The van der Waals surface area contributed by atoms with Crippen molar-refractivity contribution in [2.75, 3.05) is 12.3 Å². The minimum absolute atomic E-state index is 0.0779. The Hall–Kier alpha value is -3.67. The summed E-state index contributed by atoms with van der Waals surface area (Å²) in [5.41, 5.74) is 10.3. The number of aromatic nitrogens is 6. The highest BCUT2D eigenvalue weighted by Crippen LogP contribution is 2.30. The lowest BCUT2D eigenvalue weighted by Crippen LogP contribution is -2.33. The van der Waals surface area contributed by atoms with Gasteiger partial charge in [-0.05, 0) is 35.2 Å². The van der Waals surface area contributed by atoms with Gasteiger partial charge in [-0.1, -0.05) is 26.8 Å². The van der Waals surface area contributed by atoms with E-state index in [-0.39, 0.29) is 17.6 Å². The highest BCUT2D eigenvalue weighted by atomic mass is 19.4. The van der Waals surface area contributed by atoms with E-state index in [1.54, 1.807) is 22.2 Å². The number of rotatable bonds is 4. The fourth-order valence-corrected chi connectivity index (χ4v) is 4.67. The number of fused-ring (bicyclic) bond motifs is 2. The predicted molar refractivity (Wildman–Crippen MR) is 133 cm³/mol. The van der Waals surface area contributed by atoms with Crippen molar-refractivity contribution >= 4 is 16.9 Å². The fourth-order valence-electron chi connectivity index (χ4n) is 4.67.